The minimum absolute atomic E-state index is 0.112. The molecular formula is C13H16ClN5O2. The molecule has 0 aromatic carbocycles. The van der Waals surface area contributed by atoms with Gasteiger partial charge < -0.3 is 15.6 Å². The quantitative estimate of drug-likeness (QED) is 0.772. The van der Waals surface area contributed by atoms with Crippen LogP contribution in [0.25, 0.3) is 11.2 Å². The minimum Gasteiger partial charge on any atom is -0.390 e. The lowest BCUT2D eigenvalue weighted by Gasteiger charge is -2.17. The zero-order chi connectivity index (χ0) is 14.7. The number of fused-ring (bicyclic) bond motifs is 2. The van der Waals surface area contributed by atoms with Crippen molar-refractivity contribution in [2.75, 3.05) is 5.73 Å². The number of hydrogen-bond donors (Lipinski definition) is 2. The number of imidazole rings is 1. The van der Waals surface area contributed by atoms with Crippen LogP contribution >= 0.6 is 11.6 Å². The summed E-state index contributed by atoms with van der Waals surface area (Å²) in [6.45, 7) is 2.16. The molecule has 2 aromatic rings. The summed E-state index contributed by atoms with van der Waals surface area (Å²) < 4.78 is 7.86. The van der Waals surface area contributed by atoms with Crippen LogP contribution in [0.5, 0.6) is 0 Å². The summed E-state index contributed by atoms with van der Waals surface area (Å²) in [6, 6.07) is 0. The van der Waals surface area contributed by atoms with E-state index in [-0.39, 0.29) is 23.4 Å². The van der Waals surface area contributed by atoms with Crippen LogP contribution in [0.3, 0.4) is 0 Å². The van der Waals surface area contributed by atoms with E-state index in [1.165, 1.54) is 0 Å². The Morgan fingerprint density at radius 2 is 2.24 bits per heavy atom. The topological polar surface area (TPSA) is 99.1 Å². The smallest absolute Gasteiger partial charge is 0.223 e. The molecule has 21 heavy (non-hydrogen) atoms. The molecule has 0 bridgehead atoms. The largest absolute Gasteiger partial charge is 0.390 e. The first-order valence-corrected chi connectivity index (χ1v) is 7.41. The highest BCUT2D eigenvalue weighted by atomic mass is 35.5. The van der Waals surface area contributed by atoms with Crippen LogP contribution < -0.4 is 5.73 Å². The van der Waals surface area contributed by atoms with Crippen LogP contribution in [-0.4, -0.2) is 36.8 Å². The number of nitrogens with two attached hydrogens (primary N) is 1. The normalized spacial score (nSPS) is 35.5. The van der Waals surface area contributed by atoms with Crippen LogP contribution in [0.15, 0.2) is 6.33 Å². The van der Waals surface area contributed by atoms with Crippen LogP contribution in [0.2, 0.25) is 5.15 Å². The van der Waals surface area contributed by atoms with Gasteiger partial charge in [0.1, 0.15) is 11.7 Å². The molecule has 2 fully saturated rings. The van der Waals surface area contributed by atoms with Crippen molar-refractivity contribution >= 4 is 28.7 Å². The summed E-state index contributed by atoms with van der Waals surface area (Å²) in [6.07, 6.45) is 2.56. The Hall–Kier alpha value is -1.44. The molecule has 1 saturated heterocycles. The Kier molecular flexibility index (Phi) is 2.85. The standard InChI is InChI=1S/C13H16ClN5O2/c1-5-2-7(20)10-6(5)3-8(21-10)19-4-16-9-11(14)17-13(15)18-12(9)19/h4-8,10,20H,2-3H2,1H3,(H2,15,17,18)/t5-,6+,7-,8+,10+/m1/s1. The van der Waals surface area contributed by atoms with Gasteiger partial charge in [-0.2, -0.15) is 9.97 Å². The van der Waals surface area contributed by atoms with Crippen LogP contribution in [-0.2, 0) is 4.74 Å². The summed E-state index contributed by atoms with van der Waals surface area (Å²) in [4.78, 5) is 12.4. The highest BCUT2D eigenvalue weighted by molar-refractivity contribution is 6.33. The summed E-state index contributed by atoms with van der Waals surface area (Å²) in [7, 11) is 0. The number of halogens is 1. The van der Waals surface area contributed by atoms with E-state index in [1.54, 1.807) is 6.33 Å². The van der Waals surface area contributed by atoms with Gasteiger partial charge in [-0.1, -0.05) is 18.5 Å². The first-order valence-electron chi connectivity index (χ1n) is 7.03. The maximum Gasteiger partial charge on any atom is 0.223 e. The Labute approximate surface area is 126 Å². The fraction of sp³-hybridized carbons (Fsp3) is 0.615. The van der Waals surface area contributed by atoms with Crippen molar-refractivity contribution in [2.24, 2.45) is 11.8 Å². The van der Waals surface area contributed by atoms with Crippen molar-refractivity contribution in [3.63, 3.8) is 0 Å². The van der Waals surface area contributed by atoms with Gasteiger partial charge in [-0.25, -0.2) is 4.98 Å². The third-order valence-electron chi connectivity index (χ3n) is 4.64. The fourth-order valence-corrected chi connectivity index (χ4v) is 3.83. The molecule has 7 nitrogen and oxygen atoms in total. The number of rotatable bonds is 1. The molecule has 1 aliphatic carbocycles. The van der Waals surface area contributed by atoms with Crippen LogP contribution in [0.1, 0.15) is 26.0 Å². The fourth-order valence-electron chi connectivity index (χ4n) is 3.61. The van der Waals surface area contributed by atoms with E-state index < -0.39 is 6.10 Å². The molecule has 0 unspecified atom stereocenters. The molecule has 2 aromatic heterocycles. The van der Waals surface area contributed by atoms with Gasteiger partial charge in [0, 0.05) is 0 Å². The van der Waals surface area contributed by atoms with E-state index in [4.69, 9.17) is 22.1 Å². The number of nitrogen functional groups attached to an aromatic ring is 1. The van der Waals surface area contributed by atoms with Crippen molar-refractivity contribution in [1.29, 1.82) is 0 Å². The molecule has 5 atom stereocenters. The highest BCUT2D eigenvalue weighted by Crippen LogP contribution is 2.46. The van der Waals surface area contributed by atoms with Crippen molar-refractivity contribution in [3.05, 3.63) is 11.5 Å². The summed E-state index contributed by atoms with van der Waals surface area (Å²) in [5, 5.41) is 10.3. The van der Waals surface area contributed by atoms with E-state index in [0.29, 0.717) is 23.0 Å². The van der Waals surface area contributed by atoms with Gasteiger partial charge >= 0.3 is 0 Å². The molecule has 0 amide bonds. The van der Waals surface area contributed by atoms with E-state index in [0.717, 1.165) is 12.8 Å². The third kappa shape index (κ3) is 1.91. The van der Waals surface area contributed by atoms with Crippen LogP contribution in [0, 0.1) is 11.8 Å². The Morgan fingerprint density at radius 1 is 1.43 bits per heavy atom. The number of aliphatic hydroxyl groups excluding tert-OH is 1. The maximum absolute atomic E-state index is 10.1. The lowest BCUT2D eigenvalue weighted by atomic mass is 9.95. The summed E-state index contributed by atoms with van der Waals surface area (Å²) in [5.74, 6) is 0.922. The summed E-state index contributed by atoms with van der Waals surface area (Å²) >= 11 is 6.04. The first-order chi connectivity index (χ1) is 10.0. The van der Waals surface area contributed by atoms with E-state index in [1.807, 2.05) is 4.57 Å². The average Bonchev–Trinajstić information content (AvgIpc) is 3.06. The third-order valence-corrected chi connectivity index (χ3v) is 4.90. The Morgan fingerprint density at radius 3 is 3.00 bits per heavy atom. The van der Waals surface area contributed by atoms with Gasteiger partial charge in [0.2, 0.25) is 5.95 Å². The second-order valence-corrected chi connectivity index (χ2v) is 6.29. The first kappa shape index (κ1) is 13.2. The van der Waals surface area contributed by atoms with Crippen molar-refractivity contribution in [2.45, 2.75) is 38.2 Å². The average molecular weight is 310 g/mol. The SMILES string of the molecule is C[C@@H]1C[C@@H](O)[C@H]2O[C@H](n3cnc4c(Cl)nc(N)nc43)C[C@H]21. The predicted molar refractivity (Wildman–Crippen MR) is 76.6 cm³/mol. The van der Waals surface area contributed by atoms with Gasteiger partial charge in [0.25, 0.3) is 0 Å². The Balaban J connectivity index is 1.72. The van der Waals surface area contributed by atoms with Gasteiger partial charge in [-0.05, 0) is 24.7 Å². The molecule has 3 heterocycles. The number of ether oxygens (including phenoxy) is 1. The van der Waals surface area contributed by atoms with E-state index in [2.05, 4.69) is 21.9 Å². The second kappa shape index (κ2) is 4.53. The molecule has 4 rings (SSSR count). The summed E-state index contributed by atoms with van der Waals surface area (Å²) in [5.41, 5.74) is 6.74. The van der Waals surface area contributed by atoms with Gasteiger partial charge in [0.05, 0.1) is 18.5 Å². The van der Waals surface area contributed by atoms with Crippen molar-refractivity contribution in [3.8, 4) is 0 Å². The number of hydrogen-bond acceptors (Lipinski definition) is 6. The molecule has 0 spiro atoms. The molecule has 8 heteroatoms. The maximum atomic E-state index is 10.1. The second-order valence-electron chi connectivity index (χ2n) is 5.93. The molecule has 1 aliphatic heterocycles. The van der Waals surface area contributed by atoms with Crippen LogP contribution in [0.4, 0.5) is 5.95 Å². The molecule has 1 saturated carbocycles. The van der Waals surface area contributed by atoms with Gasteiger partial charge in [0.15, 0.2) is 10.8 Å². The van der Waals surface area contributed by atoms with Gasteiger partial charge in [-0.3, -0.25) is 4.57 Å². The molecular weight excluding hydrogens is 294 g/mol. The highest BCUT2D eigenvalue weighted by Gasteiger charge is 2.48. The zero-order valence-electron chi connectivity index (χ0n) is 11.5. The van der Waals surface area contributed by atoms with Crippen molar-refractivity contribution < 1.29 is 9.84 Å². The lowest BCUT2D eigenvalue weighted by Crippen LogP contribution is -2.23. The molecule has 3 N–H and O–H groups in total. The molecule has 0 radical (unpaired) electrons. The van der Waals surface area contributed by atoms with Crippen molar-refractivity contribution in [1.82, 2.24) is 19.5 Å². The number of aromatic nitrogens is 4. The minimum atomic E-state index is -0.395. The number of aliphatic hydroxyl groups is 1. The van der Waals surface area contributed by atoms with Gasteiger partial charge in [-0.15, -0.1) is 0 Å². The molecule has 2 aliphatic rings. The number of nitrogens with zero attached hydrogens (tertiary/aromatic N) is 4. The number of anilines is 1. The lowest BCUT2D eigenvalue weighted by molar-refractivity contribution is -0.0525. The van der Waals surface area contributed by atoms with E-state index in [9.17, 15) is 5.11 Å². The monoisotopic (exact) mass is 309 g/mol. The zero-order valence-corrected chi connectivity index (χ0v) is 12.2. The molecule has 112 valence electrons. The predicted octanol–water partition coefficient (Wildman–Crippen LogP) is 1.37. The van der Waals surface area contributed by atoms with E-state index >= 15 is 0 Å². The Bertz CT molecular complexity index is 689.